The first-order chi connectivity index (χ1) is 22.4. The van der Waals surface area contributed by atoms with Gasteiger partial charge in [-0.2, -0.15) is 0 Å². The van der Waals surface area contributed by atoms with E-state index in [0.717, 1.165) is 7.96 Å². The molecule has 284 valence electrons. The highest BCUT2D eigenvalue weighted by Gasteiger charge is 2.68. The summed E-state index contributed by atoms with van der Waals surface area (Å²) in [5.41, 5.74) is 0.137. The summed E-state index contributed by atoms with van der Waals surface area (Å²) < 4.78 is 27.1. The highest BCUT2D eigenvalue weighted by molar-refractivity contribution is 9.19. The van der Waals surface area contributed by atoms with Gasteiger partial charge in [0, 0.05) is 31.8 Å². The van der Waals surface area contributed by atoms with Gasteiger partial charge in [0.25, 0.3) is 0 Å². The van der Waals surface area contributed by atoms with Gasteiger partial charge in [0.15, 0.2) is 11.9 Å². The molecule has 0 aromatic carbocycles. The molecule has 1 saturated carbocycles. The molecule has 2 fully saturated rings. The van der Waals surface area contributed by atoms with Crippen LogP contribution in [0, 0.1) is 22.2 Å². The predicted molar refractivity (Wildman–Crippen MR) is 286 cm³/mol. The summed E-state index contributed by atoms with van der Waals surface area (Å²) in [6.45, 7) is 11.6. The van der Waals surface area contributed by atoms with Crippen LogP contribution in [0.1, 0.15) is 54.9 Å². The Morgan fingerprint density at radius 3 is 1.78 bits per heavy atom. The zero-order valence-electron chi connectivity index (χ0n) is 28.4. The van der Waals surface area contributed by atoms with Crippen LogP contribution in [0.5, 0.6) is 0 Å². The number of ether oxygens (including phenoxy) is 2. The number of ketones is 1. The van der Waals surface area contributed by atoms with E-state index in [-0.39, 0.29) is 51.9 Å². The average Bonchev–Trinajstić information content (AvgIpc) is 2.97. The zero-order chi connectivity index (χ0) is 37.7. The molecule has 49 heavy (non-hydrogen) atoms. The lowest BCUT2D eigenvalue weighted by Crippen LogP contribution is -2.67. The van der Waals surface area contributed by atoms with Crippen LogP contribution >= 0.6 is 186 Å². The Morgan fingerprint density at radius 1 is 0.776 bits per heavy atom. The molecule has 0 amide bonds. The summed E-state index contributed by atoms with van der Waals surface area (Å²) >= 11 is 0. The molecule has 23 unspecified atom stereocenters. The predicted octanol–water partition coefficient (Wildman–Crippen LogP) is 16.7. The third-order valence-corrected chi connectivity index (χ3v) is 128. The summed E-state index contributed by atoms with van der Waals surface area (Å²) in [5, 5.41) is 0. The summed E-state index contributed by atoms with van der Waals surface area (Å²) in [5.74, 6) is -0.223. The number of cyclic esters (lactones) is 1. The minimum absolute atomic E-state index is 0.0288. The fraction of sp³-hybridized carbons (Fsp3) is 0.800. The van der Waals surface area contributed by atoms with Crippen LogP contribution in [0.3, 0.4) is 0 Å². The van der Waals surface area contributed by atoms with Gasteiger partial charge in [-0.15, -0.1) is 98.2 Å². The van der Waals surface area contributed by atoms with Gasteiger partial charge in [0.05, 0.1) is 32.7 Å². The maximum absolute atomic E-state index is 15.3. The van der Waals surface area contributed by atoms with Crippen LogP contribution in [0.15, 0.2) is 11.1 Å². The van der Waals surface area contributed by atoms with E-state index in [4.69, 9.17) is 18.5 Å². The molecule has 2 aliphatic carbocycles. The maximum Gasteiger partial charge on any atom is 0.509 e. The minimum atomic E-state index is -0.955. The van der Waals surface area contributed by atoms with Crippen molar-refractivity contribution in [1.82, 2.24) is 0 Å². The van der Waals surface area contributed by atoms with Crippen LogP contribution in [0.4, 0.5) is 4.79 Å². The van der Waals surface area contributed by atoms with E-state index in [0.29, 0.717) is 6.42 Å². The summed E-state index contributed by atoms with van der Waals surface area (Å²) in [6.07, 6.45) is -2.28. The Balaban J connectivity index is 2.41. The van der Waals surface area contributed by atoms with E-state index in [1.165, 1.54) is 11.1 Å². The Hall–Kier alpha value is 8.49. The van der Waals surface area contributed by atoms with Crippen molar-refractivity contribution in [1.29, 1.82) is 0 Å². The summed E-state index contributed by atoms with van der Waals surface area (Å²) in [6, 6.07) is 0. The second-order valence-corrected chi connectivity index (χ2v) is 96.1. The fourth-order valence-corrected chi connectivity index (χ4v) is 169. The molecule has 3 rings (SSSR count). The first-order valence-corrected chi connectivity index (χ1v) is 54.9. The van der Waals surface area contributed by atoms with Crippen molar-refractivity contribution in [2.75, 3.05) is 0 Å². The molecular weight excluding hydrogens is 1050 g/mol. The van der Waals surface area contributed by atoms with Crippen LogP contribution in [0.25, 0.3) is 0 Å². The zero-order valence-corrected chi connectivity index (χ0v) is 52.2. The summed E-state index contributed by atoms with van der Waals surface area (Å²) in [4.78, 5) is 28.2. The van der Waals surface area contributed by atoms with Crippen molar-refractivity contribution in [3.05, 3.63) is 11.1 Å². The van der Waals surface area contributed by atoms with E-state index in [1.54, 1.807) is 0 Å². The molecule has 0 radical (unpaired) electrons. The lowest BCUT2D eigenvalue weighted by molar-refractivity contribution is -0.198. The second kappa shape index (κ2) is 21.7. The monoisotopic (exact) mass is 1100 g/mol. The molecule has 0 aromatic rings. The van der Waals surface area contributed by atoms with Crippen molar-refractivity contribution in [2.24, 2.45) is 22.2 Å². The number of fused-ring (bicyclic) bond motifs is 3. The number of hydrogen-bond donors (Lipinski definition) is 0. The quantitative estimate of drug-likeness (QED) is 0.104. The van der Waals surface area contributed by atoms with Crippen molar-refractivity contribution < 1.29 is 28.1 Å². The molecule has 24 atom stereocenters. The number of carbonyl (C=O) groups excluding carboxylic acids is 2. The SMILES string of the molecule is CC1=C2C(OP(P(P)P)P(PP)P(P)P)C(C)[C@]3(C)C(C)OC(=O)OC3C(=O)C(C)(CC1OP(P(P)P(P)P)P(P(P)P)P(P)P)C2(C)C. The number of rotatable bonds is 13. The van der Waals surface area contributed by atoms with Gasteiger partial charge in [-0.1, -0.05) is 51.5 Å². The third-order valence-electron chi connectivity index (χ3n) is 10.1. The molecule has 2 bridgehead atoms. The van der Waals surface area contributed by atoms with Gasteiger partial charge in [-0.25, -0.2) is 4.79 Å². The van der Waals surface area contributed by atoms with Crippen LogP contribution in [0.2, 0.25) is 0 Å². The van der Waals surface area contributed by atoms with Crippen LogP contribution < -0.4 is 0 Å². The molecule has 6 nitrogen and oxygen atoms in total. The van der Waals surface area contributed by atoms with Gasteiger partial charge < -0.3 is 18.5 Å². The first-order valence-electron chi connectivity index (χ1n) is 14.6. The number of Topliss-reactive ketones (excluding diaryl/α,β-unsaturated/α-hetero) is 1. The normalized spacial score (nSPS) is 34.8. The van der Waals surface area contributed by atoms with Gasteiger partial charge >= 0.3 is 6.16 Å². The highest BCUT2D eigenvalue weighted by atomic mass is 33.2. The Bertz CT molecular complexity index is 1230. The lowest BCUT2D eigenvalue weighted by atomic mass is 9.47. The maximum atomic E-state index is 15.3. The molecule has 0 N–H and O–H groups in total. The molecule has 1 heterocycles. The smallest absolute Gasteiger partial charge is 0.430 e. The number of hydrogen-bond acceptors (Lipinski definition) is 6. The Labute approximate surface area is 336 Å². The topological polar surface area (TPSA) is 71.1 Å². The van der Waals surface area contributed by atoms with Gasteiger partial charge in [-0.05, 0) is 72.3 Å². The Morgan fingerprint density at radius 2 is 1.33 bits per heavy atom. The average molecular weight is 1100 g/mol. The lowest BCUT2D eigenvalue weighted by Gasteiger charge is -2.61. The van der Waals surface area contributed by atoms with Gasteiger partial charge in [-0.3, -0.25) is 4.79 Å². The van der Waals surface area contributed by atoms with Crippen LogP contribution in [-0.2, 0) is 23.3 Å². The molecular formula is C20H53O6P23. The molecule has 29 heteroatoms. The number of carbonyl (C=O) groups is 2. The highest BCUT2D eigenvalue weighted by Crippen LogP contribution is 3.18. The van der Waals surface area contributed by atoms with E-state index in [1.807, 2.05) is 6.92 Å². The van der Waals surface area contributed by atoms with E-state index in [9.17, 15) is 4.79 Å². The standard InChI is InChI=1S/C20H53O6P23/c1-9-12(25-41(47(38)43(30)31)49(45(34)35)46(36)37)8-19(6)15(21)16-20(7,11(3)23-17(22)24-16)10(2)14(13(9)18(19,4)5)26-40(42(28)29)48(39-27)44(32)33/h10-12,14,16,39H,8,27-38H2,1-7H3/t10?,11?,12?,14?,16?,19?,20-,40?,41?,47?,48?/m1/s1. The van der Waals surface area contributed by atoms with Crippen molar-refractivity contribution >= 4 is 198 Å². The van der Waals surface area contributed by atoms with Crippen LogP contribution in [-0.4, -0.2) is 36.4 Å². The van der Waals surface area contributed by atoms with Crippen molar-refractivity contribution in [3.63, 3.8) is 0 Å². The fourth-order valence-electron chi connectivity index (χ4n) is 6.71. The molecule has 1 aliphatic heterocycles. The van der Waals surface area contributed by atoms with Crippen molar-refractivity contribution in [2.45, 2.75) is 79.3 Å². The molecule has 0 spiro atoms. The van der Waals surface area contributed by atoms with Gasteiger partial charge in [0.2, 0.25) is 0 Å². The van der Waals surface area contributed by atoms with E-state index >= 15 is 4.79 Å². The third kappa shape index (κ3) is 11.2. The molecule has 3 aliphatic rings. The first kappa shape index (κ1) is 51.8. The van der Waals surface area contributed by atoms with Gasteiger partial charge in [0.1, 0.15) is 6.10 Å². The second-order valence-electron chi connectivity index (χ2n) is 12.8. The van der Waals surface area contributed by atoms with E-state index in [2.05, 4.69) is 149 Å². The molecule has 0 aromatic heterocycles. The Kier molecular flexibility index (Phi) is 23.0. The van der Waals surface area contributed by atoms with E-state index < -0.39 is 77.6 Å². The minimum Gasteiger partial charge on any atom is -0.430 e. The summed E-state index contributed by atoms with van der Waals surface area (Å²) in [7, 11) is 36.2. The van der Waals surface area contributed by atoms with Crippen molar-refractivity contribution in [3.8, 4) is 0 Å². The molecule has 1 saturated heterocycles. The largest absolute Gasteiger partial charge is 0.509 e.